The van der Waals surface area contributed by atoms with Gasteiger partial charge in [0.2, 0.25) is 5.43 Å². The first-order valence-electron chi connectivity index (χ1n) is 11.4. The van der Waals surface area contributed by atoms with Gasteiger partial charge in [0.15, 0.2) is 5.75 Å². The van der Waals surface area contributed by atoms with Gasteiger partial charge in [-0.2, -0.15) is 13.2 Å². The molecule has 2 aliphatic rings. The molecule has 16 heteroatoms. The highest BCUT2D eigenvalue weighted by Crippen LogP contribution is 2.42. The van der Waals surface area contributed by atoms with Crippen molar-refractivity contribution in [2.45, 2.75) is 44.0 Å². The monoisotopic (exact) mass is 569 g/mol. The maximum absolute atomic E-state index is 15.2. The number of anilines is 1. The van der Waals surface area contributed by atoms with Crippen LogP contribution in [0.3, 0.4) is 0 Å². The first kappa shape index (κ1) is 30.0. The van der Waals surface area contributed by atoms with Crippen LogP contribution < -0.4 is 20.8 Å². The van der Waals surface area contributed by atoms with E-state index in [9.17, 15) is 31.5 Å². The molecule has 4 rings (SSSR count). The van der Waals surface area contributed by atoms with Crippen molar-refractivity contribution in [2.24, 2.45) is 11.7 Å². The van der Waals surface area contributed by atoms with E-state index in [1.54, 1.807) is 4.90 Å². The van der Waals surface area contributed by atoms with E-state index in [-0.39, 0.29) is 29.1 Å². The highest BCUT2D eigenvalue weighted by atomic mass is 19.4. The summed E-state index contributed by atoms with van der Waals surface area (Å²) in [6, 6.07) is 2.27. The van der Waals surface area contributed by atoms with E-state index in [0.717, 1.165) is 23.3 Å². The molecule has 2 atom stereocenters. The third-order valence-electron chi connectivity index (χ3n) is 6.82. The fourth-order valence-electron chi connectivity index (χ4n) is 4.65. The lowest BCUT2D eigenvalue weighted by atomic mass is 9.91. The molecule has 2 fully saturated rings. The summed E-state index contributed by atoms with van der Waals surface area (Å²) in [5.74, 6) is -4.08. The van der Waals surface area contributed by atoms with Crippen molar-refractivity contribution in [2.75, 3.05) is 31.1 Å². The maximum atomic E-state index is 15.2. The Morgan fingerprint density at radius 3 is 2.36 bits per heavy atom. The van der Waals surface area contributed by atoms with E-state index >= 15 is 4.39 Å². The summed E-state index contributed by atoms with van der Waals surface area (Å²) in [6.07, 6.45) is -8.03. The minimum atomic E-state index is -5.08. The largest absolute Gasteiger partial charge is 0.511 e. The lowest BCUT2D eigenvalue weighted by Crippen LogP contribution is -2.44. The van der Waals surface area contributed by atoms with Crippen LogP contribution >= 0.6 is 0 Å². The molecule has 10 nitrogen and oxygen atoms in total. The average Bonchev–Trinajstić information content (AvgIpc) is 3.38. The number of carboxylic acids is 1. The minimum absolute atomic E-state index is 0.0363. The number of aliphatic carboxylic acids is 1. The number of carbonyl (C=O) groups is 2. The van der Waals surface area contributed by atoms with Gasteiger partial charge in [-0.25, -0.2) is 22.8 Å². The number of benzene rings is 1. The molecule has 0 amide bonds. The Morgan fingerprint density at radius 1 is 1.26 bits per heavy atom. The Bertz CT molecular complexity index is 1330. The first-order valence-corrected chi connectivity index (χ1v) is 11.4. The van der Waals surface area contributed by atoms with Gasteiger partial charge >= 0.3 is 18.3 Å². The topological polar surface area (TPSA) is 144 Å². The van der Waals surface area contributed by atoms with Gasteiger partial charge in [0.1, 0.15) is 11.4 Å². The number of alkyl halides is 5. The molecular formula is C23H25F6N3O7. The van der Waals surface area contributed by atoms with E-state index in [0.29, 0.717) is 19.7 Å². The van der Waals surface area contributed by atoms with Crippen molar-refractivity contribution in [3.8, 4) is 5.75 Å². The van der Waals surface area contributed by atoms with E-state index in [2.05, 4.69) is 4.74 Å². The number of aromatic nitrogens is 1. The fourth-order valence-corrected chi connectivity index (χ4v) is 4.65. The molecule has 39 heavy (non-hydrogen) atoms. The highest BCUT2D eigenvalue weighted by molar-refractivity contribution is 5.85. The lowest BCUT2D eigenvalue weighted by Gasteiger charge is -2.31. The molecule has 4 N–H and O–H groups in total. The third kappa shape index (κ3) is 5.75. The van der Waals surface area contributed by atoms with Crippen molar-refractivity contribution in [3.05, 3.63) is 34.4 Å². The van der Waals surface area contributed by atoms with Crippen LogP contribution in [0.25, 0.3) is 10.9 Å². The number of hydrogen-bond donors (Lipinski definition) is 3. The predicted molar refractivity (Wildman–Crippen MR) is 124 cm³/mol. The Labute approximate surface area is 216 Å². The Kier molecular flexibility index (Phi) is 8.13. The van der Waals surface area contributed by atoms with Crippen LogP contribution in [0.5, 0.6) is 5.75 Å². The third-order valence-corrected chi connectivity index (χ3v) is 6.82. The van der Waals surface area contributed by atoms with Gasteiger partial charge < -0.3 is 34.9 Å². The van der Waals surface area contributed by atoms with Crippen molar-refractivity contribution in [1.82, 2.24) is 4.57 Å². The van der Waals surface area contributed by atoms with Gasteiger partial charge in [0, 0.05) is 32.2 Å². The summed E-state index contributed by atoms with van der Waals surface area (Å²) < 4.78 is 86.1. The fraction of sp³-hybridized carbons (Fsp3) is 0.522. The van der Waals surface area contributed by atoms with Crippen molar-refractivity contribution in [3.63, 3.8) is 0 Å². The van der Waals surface area contributed by atoms with E-state index in [1.165, 1.54) is 19.9 Å². The van der Waals surface area contributed by atoms with Crippen LogP contribution in [0.1, 0.15) is 20.3 Å². The van der Waals surface area contributed by atoms with Crippen molar-refractivity contribution in [1.29, 1.82) is 0 Å². The zero-order chi connectivity index (χ0) is 29.5. The summed E-state index contributed by atoms with van der Waals surface area (Å²) in [7, 11) is 0. The summed E-state index contributed by atoms with van der Waals surface area (Å²) in [5, 5.41) is 15.8. The molecule has 2 saturated heterocycles. The standard InChI is InChI=1S/C21H24F3N3O5.C2HF3O2/c1-20(2,18(23)24)27-8-16(32-19(29)30)17(28)12-5-13(22)15(6-14(12)27)26-7-11-3-4-31-21(11,9-25)10-26;3-2(4,5)1(6)7/h5-6,8,11,18H,3-4,7,9-10,25H2,1-2H3,(H,29,30);(H,6,7). The molecule has 0 bridgehead atoms. The van der Waals surface area contributed by atoms with Crippen LogP contribution in [0, 0.1) is 11.7 Å². The van der Waals surface area contributed by atoms with Gasteiger partial charge in [0.25, 0.3) is 6.43 Å². The lowest BCUT2D eigenvalue weighted by molar-refractivity contribution is -0.192. The zero-order valence-electron chi connectivity index (χ0n) is 20.6. The van der Waals surface area contributed by atoms with Gasteiger partial charge in [-0.1, -0.05) is 0 Å². The Morgan fingerprint density at radius 2 is 1.87 bits per heavy atom. The number of rotatable bonds is 5. The van der Waals surface area contributed by atoms with Crippen LogP contribution in [0.4, 0.5) is 36.8 Å². The molecule has 0 radical (unpaired) electrons. The molecule has 1 aromatic carbocycles. The van der Waals surface area contributed by atoms with Gasteiger partial charge in [0.05, 0.1) is 28.3 Å². The molecule has 1 aromatic heterocycles. The summed E-state index contributed by atoms with van der Waals surface area (Å²) in [5.41, 5.74) is 2.75. The van der Waals surface area contributed by atoms with Crippen LogP contribution in [-0.4, -0.2) is 71.3 Å². The zero-order valence-corrected chi connectivity index (χ0v) is 20.6. The molecule has 3 heterocycles. The SMILES string of the molecule is CC(C)(C(F)F)n1cc(OC(=O)O)c(=O)c2cc(F)c(N3CC4CCOC4(CN)C3)cc21.O=C(O)C(F)(F)F. The van der Waals surface area contributed by atoms with Crippen LogP contribution in [-0.2, 0) is 15.1 Å². The molecule has 2 unspecified atom stereocenters. The number of halogens is 6. The maximum Gasteiger partial charge on any atom is 0.511 e. The Hall–Kier alpha value is -3.53. The molecule has 0 spiro atoms. The van der Waals surface area contributed by atoms with E-state index in [4.69, 9.17) is 25.5 Å². The summed E-state index contributed by atoms with van der Waals surface area (Å²) in [6.45, 7) is 4.10. The second kappa shape index (κ2) is 10.6. The Balaban J connectivity index is 0.000000532. The molecule has 216 valence electrons. The van der Waals surface area contributed by atoms with Crippen LogP contribution in [0.2, 0.25) is 0 Å². The molecule has 0 saturated carbocycles. The van der Waals surface area contributed by atoms with E-state index in [1.807, 2.05) is 0 Å². The van der Waals surface area contributed by atoms with Crippen molar-refractivity contribution >= 4 is 28.7 Å². The normalized spacial score (nSPS) is 21.1. The molecule has 2 aliphatic heterocycles. The van der Waals surface area contributed by atoms with E-state index < -0.39 is 52.9 Å². The highest BCUT2D eigenvalue weighted by Gasteiger charge is 2.50. The summed E-state index contributed by atoms with van der Waals surface area (Å²) >= 11 is 0. The molecule has 0 aliphatic carbocycles. The summed E-state index contributed by atoms with van der Waals surface area (Å²) in [4.78, 5) is 34.4. The number of nitrogens with zero attached hydrogens (tertiary/aromatic N) is 2. The second-order valence-corrected chi connectivity index (χ2v) is 9.62. The number of hydrogen-bond acceptors (Lipinski definition) is 7. The number of fused-ring (bicyclic) bond motifs is 2. The van der Waals surface area contributed by atoms with Gasteiger partial charge in [-0.15, -0.1) is 0 Å². The number of nitrogens with two attached hydrogens (primary N) is 1. The molecular weight excluding hydrogens is 544 g/mol. The van der Waals surface area contributed by atoms with Crippen LogP contribution in [0.15, 0.2) is 23.1 Å². The van der Waals surface area contributed by atoms with Crippen molar-refractivity contribution < 1.29 is 55.6 Å². The van der Waals surface area contributed by atoms with Gasteiger partial charge in [-0.3, -0.25) is 4.79 Å². The second-order valence-electron chi connectivity index (χ2n) is 9.62. The first-order chi connectivity index (χ1) is 17.9. The predicted octanol–water partition coefficient (Wildman–Crippen LogP) is 3.38. The smallest absolute Gasteiger partial charge is 0.475 e. The minimum Gasteiger partial charge on any atom is -0.475 e. The average molecular weight is 569 g/mol. The number of pyridine rings is 1. The molecule has 2 aromatic rings. The quantitative estimate of drug-likeness (QED) is 0.365. The number of ether oxygens (including phenoxy) is 2. The number of carboxylic acid groups (broad SMARTS) is 2. The van der Waals surface area contributed by atoms with Gasteiger partial charge in [-0.05, 0) is 32.4 Å².